The van der Waals surface area contributed by atoms with Crippen LogP contribution in [0, 0.1) is 0 Å². The lowest BCUT2D eigenvalue weighted by Gasteiger charge is -2.38. The number of anilines is 1. The maximum Gasteiger partial charge on any atom is 0.417 e. The summed E-state index contributed by atoms with van der Waals surface area (Å²) in [6.45, 7) is 4.24. The van der Waals surface area contributed by atoms with Crippen LogP contribution in [0.4, 0.5) is 18.9 Å². The molecule has 0 atom stereocenters. The fraction of sp³-hybridized carbons (Fsp3) is 0.588. The number of nitrogens with zero attached hydrogens (tertiary/aromatic N) is 1. The number of likely N-dealkylation sites (tertiary alicyclic amines) is 1. The van der Waals surface area contributed by atoms with Gasteiger partial charge in [0.05, 0.1) is 6.54 Å². The molecule has 2 rings (SSSR count). The maximum absolute atomic E-state index is 12.7. The normalized spacial score (nSPS) is 18.6. The zero-order valence-corrected chi connectivity index (χ0v) is 13.9. The molecular weight excluding hydrogens is 321 g/mol. The smallest absolute Gasteiger partial charge is 0.380 e. The van der Waals surface area contributed by atoms with Crippen LogP contribution in [-0.4, -0.2) is 47.3 Å². The summed E-state index contributed by atoms with van der Waals surface area (Å²) >= 11 is 0. The van der Waals surface area contributed by atoms with Crippen molar-refractivity contribution in [2.24, 2.45) is 0 Å². The van der Waals surface area contributed by atoms with Crippen LogP contribution in [-0.2, 0) is 4.79 Å². The highest BCUT2D eigenvalue weighted by Gasteiger charge is 2.54. The minimum Gasteiger partial charge on any atom is -0.380 e. The molecule has 0 bridgehead atoms. The van der Waals surface area contributed by atoms with Gasteiger partial charge in [0.1, 0.15) is 0 Å². The Morgan fingerprint density at radius 3 is 2.25 bits per heavy atom. The number of halogens is 3. The van der Waals surface area contributed by atoms with Crippen LogP contribution in [0.25, 0.3) is 0 Å². The molecule has 0 radical (unpaired) electrons. The van der Waals surface area contributed by atoms with Crippen molar-refractivity contribution in [2.45, 2.75) is 44.4 Å². The highest BCUT2D eigenvalue weighted by Crippen LogP contribution is 2.38. The molecule has 0 aliphatic carbocycles. The maximum atomic E-state index is 12.7. The number of rotatable bonds is 4. The molecule has 134 valence electrons. The summed E-state index contributed by atoms with van der Waals surface area (Å²) < 4.78 is 38.2. The number of alkyl halides is 3. The van der Waals surface area contributed by atoms with E-state index in [-0.39, 0.29) is 25.5 Å². The zero-order valence-electron chi connectivity index (χ0n) is 13.9. The molecule has 1 aliphatic rings. The van der Waals surface area contributed by atoms with Crippen molar-refractivity contribution in [1.82, 2.24) is 4.90 Å². The monoisotopic (exact) mass is 344 g/mol. The molecule has 1 fully saturated rings. The Bertz CT molecular complexity index is 562. The van der Waals surface area contributed by atoms with E-state index in [1.54, 1.807) is 4.90 Å². The molecule has 0 spiro atoms. The second-order valence-electron chi connectivity index (χ2n) is 6.63. The molecule has 1 aromatic rings. The second-order valence-corrected chi connectivity index (χ2v) is 6.63. The average molecular weight is 344 g/mol. The Labute approximate surface area is 139 Å². The van der Waals surface area contributed by atoms with Gasteiger partial charge in [-0.05, 0) is 36.5 Å². The van der Waals surface area contributed by atoms with Gasteiger partial charge in [0, 0.05) is 18.8 Å². The number of carbonyl (C=O) groups excluding carboxylic acids is 1. The SMILES string of the molecule is CC(C)c1ccc(NC(=O)CN2CCC(O)(C(F)(F)F)CC2)cc1. The minimum absolute atomic E-state index is 0.0138. The van der Waals surface area contributed by atoms with Crippen LogP contribution < -0.4 is 5.32 Å². The van der Waals surface area contributed by atoms with Crippen LogP contribution in [0.1, 0.15) is 38.2 Å². The predicted molar refractivity (Wildman–Crippen MR) is 85.8 cm³/mol. The van der Waals surface area contributed by atoms with Gasteiger partial charge in [-0.25, -0.2) is 0 Å². The van der Waals surface area contributed by atoms with Gasteiger partial charge in [-0.3, -0.25) is 9.69 Å². The molecule has 0 saturated carbocycles. The first-order chi connectivity index (χ1) is 11.1. The summed E-state index contributed by atoms with van der Waals surface area (Å²) in [7, 11) is 0. The standard InChI is InChI=1S/C17H23F3N2O2/c1-12(2)13-3-5-14(6-4-13)21-15(23)11-22-9-7-16(24,8-10-22)17(18,19)20/h3-6,12,24H,7-11H2,1-2H3,(H,21,23). The molecule has 1 amide bonds. The van der Waals surface area contributed by atoms with Crippen molar-refractivity contribution < 1.29 is 23.1 Å². The van der Waals surface area contributed by atoms with E-state index >= 15 is 0 Å². The third kappa shape index (κ3) is 4.48. The number of nitrogens with one attached hydrogen (secondary N) is 1. The van der Waals surface area contributed by atoms with Crippen LogP contribution in [0.2, 0.25) is 0 Å². The van der Waals surface area contributed by atoms with E-state index in [4.69, 9.17) is 0 Å². The lowest BCUT2D eigenvalue weighted by molar-refractivity contribution is -0.272. The summed E-state index contributed by atoms with van der Waals surface area (Å²) in [6, 6.07) is 7.49. The van der Waals surface area contributed by atoms with Crippen LogP contribution in [0.3, 0.4) is 0 Å². The number of benzene rings is 1. The number of hydrogen-bond donors (Lipinski definition) is 2. The molecular formula is C17H23F3N2O2. The summed E-state index contributed by atoms with van der Waals surface area (Å²) in [4.78, 5) is 13.6. The van der Waals surface area contributed by atoms with E-state index in [1.807, 2.05) is 24.3 Å². The van der Waals surface area contributed by atoms with Crippen molar-refractivity contribution in [3.8, 4) is 0 Å². The summed E-state index contributed by atoms with van der Waals surface area (Å²) in [5.41, 5.74) is -0.809. The largest absolute Gasteiger partial charge is 0.417 e. The van der Waals surface area contributed by atoms with Crippen LogP contribution >= 0.6 is 0 Å². The number of carbonyl (C=O) groups is 1. The van der Waals surface area contributed by atoms with E-state index in [2.05, 4.69) is 19.2 Å². The molecule has 7 heteroatoms. The van der Waals surface area contributed by atoms with Gasteiger partial charge >= 0.3 is 6.18 Å². The van der Waals surface area contributed by atoms with Gasteiger partial charge in [-0.15, -0.1) is 0 Å². The molecule has 4 nitrogen and oxygen atoms in total. The Morgan fingerprint density at radius 1 is 1.25 bits per heavy atom. The third-order valence-corrected chi connectivity index (χ3v) is 4.44. The van der Waals surface area contributed by atoms with Crippen molar-refractivity contribution in [1.29, 1.82) is 0 Å². The Kier molecular flexibility index (Phi) is 5.55. The fourth-order valence-corrected chi connectivity index (χ4v) is 2.72. The van der Waals surface area contributed by atoms with Gasteiger partial charge in [-0.1, -0.05) is 26.0 Å². The van der Waals surface area contributed by atoms with E-state index in [9.17, 15) is 23.1 Å². The lowest BCUT2D eigenvalue weighted by atomic mass is 9.91. The van der Waals surface area contributed by atoms with E-state index in [0.717, 1.165) is 5.56 Å². The highest BCUT2D eigenvalue weighted by atomic mass is 19.4. The molecule has 1 aliphatic heterocycles. The summed E-state index contributed by atoms with van der Waals surface area (Å²) in [5, 5.41) is 12.4. The first kappa shape index (κ1) is 18.7. The molecule has 1 heterocycles. The Hall–Kier alpha value is -1.60. The highest BCUT2D eigenvalue weighted by molar-refractivity contribution is 5.92. The van der Waals surface area contributed by atoms with Crippen molar-refractivity contribution >= 4 is 11.6 Å². The first-order valence-corrected chi connectivity index (χ1v) is 8.02. The minimum atomic E-state index is -4.63. The van der Waals surface area contributed by atoms with Gasteiger partial charge < -0.3 is 10.4 Å². The first-order valence-electron chi connectivity index (χ1n) is 8.02. The number of piperidine rings is 1. The van der Waals surface area contributed by atoms with Crippen LogP contribution in [0.5, 0.6) is 0 Å². The molecule has 2 N–H and O–H groups in total. The van der Waals surface area contributed by atoms with Gasteiger partial charge in [-0.2, -0.15) is 13.2 Å². The predicted octanol–water partition coefficient (Wildman–Crippen LogP) is 3.14. The van der Waals surface area contributed by atoms with Crippen molar-refractivity contribution in [3.63, 3.8) is 0 Å². The average Bonchev–Trinajstić information content (AvgIpc) is 2.49. The summed E-state index contributed by atoms with van der Waals surface area (Å²) in [6.07, 6.45) is -5.45. The fourth-order valence-electron chi connectivity index (χ4n) is 2.72. The molecule has 1 aromatic carbocycles. The van der Waals surface area contributed by atoms with Gasteiger partial charge in [0.2, 0.25) is 5.91 Å². The van der Waals surface area contributed by atoms with E-state index in [1.165, 1.54) is 0 Å². The van der Waals surface area contributed by atoms with Crippen molar-refractivity contribution in [3.05, 3.63) is 29.8 Å². The summed E-state index contributed by atoms with van der Waals surface area (Å²) in [5.74, 6) is 0.125. The molecule has 0 aromatic heterocycles. The number of amides is 1. The molecule has 1 saturated heterocycles. The van der Waals surface area contributed by atoms with Crippen molar-refractivity contribution in [2.75, 3.05) is 25.0 Å². The Morgan fingerprint density at radius 2 is 1.79 bits per heavy atom. The zero-order chi connectivity index (χ0) is 18.0. The molecule has 0 unspecified atom stereocenters. The van der Waals surface area contributed by atoms with Crippen LogP contribution in [0.15, 0.2) is 24.3 Å². The van der Waals surface area contributed by atoms with E-state index in [0.29, 0.717) is 11.6 Å². The quantitative estimate of drug-likeness (QED) is 0.882. The number of aliphatic hydroxyl groups is 1. The topological polar surface area (TPSA) is 52.6 Å². The van der Waals surface area contributed by atoms with Gasteiger partial charge in [0.25, 0.3) is 0 Å². The van der Waals surface area contributed by atoms with Gasteiger partial charge in [0.15, 0.2) is 5.60 Å². The molecule has 24 heavy (non-hydrogen) atoms. The lowest BCUT2D eigenvalue weighted by Crippen LogP contribution is -2.54. The number of hydrogen-bond acceptors (Lipinski definition) is 3. The van der Waals surface area contributed by atoms with E-state index < -0.39 is 24.6 Å². The second kappa shape index (κ2) is 7.11. The Balaban J connectivity index is 1.83. The third-order valence-electron chi connectivity index (χ3n) is 4.44.